The Morgan fingerprint density at radius 2 is 1.53 bits per heavy atom. The van der Waals surface area contributed by atoms with Crippen LogP contribution < -0.4 is 0 Å². The van der Waals surface area contributed by atoms with Crippen molar-refractivity contribution in [3.8, 4) is 0 Å². The molecule has 0 atom stereocenters. The van der Waals surface area contributed by atoms with Gasteiger partial charge in [0.1, 0.15) is 0 Å². The van der Waals surface area contributed by atoms with Crippen molar-refractivity contribution in [1.82, 2.24) is 4.31 Å². The first-order chi connectivity index (χ1) is 8.16. The van der Waals surface area contributed by atoms with Gasteiger partial charge in [-0.3, -0.25) is 0 Å². The van der Waals surface area contributed by atoms with Gasteiger partial charge in [-0.25, -0.2) is 8.42 Å². The number of halogens is 1. The molecule has 0 amide bonds. The van der Waals surface area contributed by atoms with E-state index in [0.29, 0.717) is 6.54 Å². The maximum absolute atomic E-state index is 12.6. The highest BCUT2D eigenvalue weighted by Crippen LogP contribution is 2.32. The van der Waals surface area contributed by atoms with Crippen LogP contribution in [0.2, 0.25) is 0 Å². The van der Waals surface area contributed by atoms with Crippen LogP contribution in [-0.2, 0) is 10.0 Å². The first-order valence-corrected chi connectivity index (χ1v) is 9.35. The van der Waals surface area contributed by atoms with Crippen LogP contribution in [0.15, 0.2) is 0 Å². The molecular formula is C12H22BrNO2S. The van der Waals surface area contributed by atoms with Crippen molar-refractivity contribution in [2.45, 2.75) is 62.7 Å². The van der Waals surface area contributed by atoms with E-state index in [1.807, 2.05) is 4.31 Å². The number of alkyl halides is 1. The van der Waals surface area contributed by atoms with E-state index in [0.717, 1.165) is 43.9 Å². The minimum atomic E-state index is -3.04. The molecule has 0 radical (unpaired) electrons. The third kappa shape index (κ3) is 3.04. The fourth-order valence-electron chi connectivity index (χ4n) is 3.17. The molecule has 2 fully saturated rings. The zero-order valence-electron chi connectivity index (χ0n) is 10.3. The number of sulfonamides is 1. The molecule has 0 aromatic rings. The molecule has 2 rings (SSSR count). The van der Waals surface area contributed by atoms with Crippen LogP contribution in [-0.4, -0.2) is 35.9 Å². The molecule has 2 saturated carbocycles. The van der Waals surface area contributed by atoms with Crippen LogP contribution in [0.4, 0.5) is 0 Å². The smallest absolute Gasteiger partial charge is 0.212 e. The molecule has 0 bridgehead atoms. The third-order valence-electron chi connectivity index (χ3n) is 4.09. The van der Waals surface area contributed by atoms with Gasteiger partial charge < -0.3 is 0 Å². The lowest BCUT2D eigenvalue weighted by Gasteiger charge is -2.30. The Hall–Kier alpha value is 0.390. The van der Waals surface area contributed by atoms with Crippen LogP contribution in [0.1, 0.15) is 51.4 Å². The van der Waals surface area contributed by atoms with Gasteiger partial charge in [0.05, 0.1) is 5.25 Å². The van der Waals surface area contributed by atoms with Gasteiger partial charge in [0, 0.05) is 17.9 Å². The van der Waals surface area contributed by atoms with Crippen molar-refractivity contribution in [2.75, 3.05) is 11.9 Å². The normalized spacial score (nSPS) is 23.9. The molecule has 0 spiro atoms. The number of hydrogen-bond acceptors (Lipinski definition) is 2. The minimum absolute atomic E-state index is 0.0952. The maximum atomic E-state index is 12.6. The summed E-state index contributed by atoms with van der Waals surface area (Å²) in [4.78, 5) is 0. The van der Waals surface area contributed by atoms with Crippen LogP contribution in [0.3, 0.4) is 0 Å². The predicted molar refractivity (Wildman–Crippen MR) is 73.9 cm³/mol. The molecule has 0 heterocycles. The molecule has 5 heteroatoms. The third-order valence-corrected chi connectivity index (χ3v) is 6.89. The summed E-state index contributed by atoms with van der Waals surface area (Å²) in [5, 5.41) is 0.650. The quantitative estimate of drug-likeness (QED) is 0.729. The van der Waals surface area contributed by atoms with Gasteiger partial charge in [0.15, 0.2) is 0 Å². The van der Waals surface area contributed by atoms with Gasteiger partial charge in [-0.05, 0) is 25.7 Å². The second-order valence-corrected chi connectivity index (χ2v) is 8.15. The minimum Gasteiger partial charge on any atom is -0.212 e. The zero-order chi connectivity index (χ0) is 12.3. The molecule has 0 unspecified atom stereocenters. The maximum Gasteiger partial charge on any atom is 0.217 e. The van der Waals surface area contributed by atoms with Gasteiger partial charge in [0.2, 0.25) is 10.0 Å². The van der Waals surface area contributed by atoms with Gasteiger partial charge >= 0.3 is 0 Å². The van der Waals surface area contributed by atoms with Crippen LogP contribution in [0.5, 0.6) is 0 Å². The highest BCUT2D eigenvalue weighted by molar-refractivity contribution is 9.09. The number of nitrogens with zero attached hydrogens (tertiary/aromatic N) is 1. The van der Waals surface area contributed by atoms with E-state index in [1.54, 1.807) is 0 Å². The highest BCUT2D eigenvalue weighted by Gasteiger charge is 2.38. The fraction of sp³-hybridized carbons (Fsp3) is 1.00. The summed E-state index contributed by atoms with van der Waals surface area (Å²) < 4.78 is 27.0. The van der Waals surface area contributed by atoms with Crippen molar-refractivity contribution in [3.05, 3.63) is 0 Å². The molecule has 0 aliphatic heterocycles. The van der Waals surface area contributed by atoms with E-state index in [1.165, 1.54) is 12.8 Å². The first kappa shape index (κ1) is 13.8. The molecule has 2 aliphatic carbocycles. The summed E-state index contributed by atoms with van der Waals surface area (Å²) in [6, 6.07) is 0.276. The summed E-state index contributed by atoms with van der Waals surface area (Å²) in [5.41, 5.74) is 0. The first-order valence-electron chi connectivity index (χ1n) is 6.73. The molecule has 0 aromatic heterocycles. The lowest BCUT2D eigenvalue weighted by molar-refractivity contribution is 0.333. The van der Waals surface area contributed by atoms with E-state index >= 15 is 0 Å². The summed E-state index contributed by atoms with van der Waals surface area (Å²) >= 11 is 3.39. The summed E-state index contributed by atoms with van der Waals surface area (Å²) in [7, 11) is -3.04. The van der Waals surface area contributed by atoms with E-state index in [-0.39, 0.29) is 11.3 Å². The predicted octanol–water partition coefficient (Wildman–Crippen LogP) is 2.90. The van der Waals surface area contributed by atoms with Gasteiger partial charge in [-0.2, -0.15) is 4.31 Å². The Morgan fingerprint density at radius 3 is 2.06 bits per heavy atom. The SMILES string of the molecule is O=S(=O)(C1CCCC1)N(CCBr)C1CCCC1. The average molecular weight is 324 g/mol. The van der Waals surface area contributed by atoms with Gasteiger partial charge in [-0.1, -0.05) is 41.6 Å². The lowest BCUT2D eigenvalue weighted by atomic mass is 10.2. The molecule has 2 aliphatic rings. The van der Waals surface area contributed by atoms with E-state index in [9.17, 15) is 8.42 Å². The van der Waals surface area contributed by atoms with Crippen LogP contribution in [0.25, 0.3) is 0 Å². The lowest BCUT2D eigenvalue weighted by Crippen LogP contribution is -2.44. The molecule has 0 saturated heterocycles. The second kappa shape index (κ2) is 6.02. The van der Waals surface area contributed by atoms with Crippen molar-refractivity contribution in [2.24, 2.45) is 0 Å². The number of rotatable bonds is 5. The molecule has 100 valence electrons. The zero-order valence-corrected chi connectivity index (χ0v) is 12.7. The average Bonchev–Trinajstić information content (AvgIpc) is 2.97. The van der Waals surface area contributed by atoms with Gasteiger partial charge in [-0.15, -0.1) is 0 Å². The van der Waals surface area contributed by atoms with E-state index in [4.69, 9.17) is 0 Å². The number of hydrogen-bond donors (Lipinski definition) is 0. The standard InChI is InChI=1S/C12H22BrNO2S/c13-9-10-14(11-5-1-2-6-11)17(15,16)12-7-3-4-8-12/h11-12H,1-10H2. The molecular weight excluding hydrogens is 302 g/mol. The monoisotopic (exact) mass is 323 g/mol. The van der Waals surface area contributed by atoms with Crippen molar-refractivity contribution in [1.29, 1.82) is 0 Å². The summed E-state index contributed by atoms with van der Waals surface area (Å²) in [5.74, 6) is 0. The summed E-state index contributed by atoms with van der Waals surface area (Å²) in [6.07, 6.45) is 8.38. The van der Waals surface area contributed by atoms with Crippen LogP contribution >= 0.6 is 15.9 Å². The van der Waals surface area contributed by atoms with E-state index in [2.05, 4.69) is 15.9 Å². The summed E-state index contributed by atoms with van der Waals surface area (Å²) in [6.45, 7) is 0.642. The van der Waals surface area contributed by atoms with Crippen molar-refractivity contribution in [3.63, 3.8) is 0 Å². The topological polar surface area (TPSA) is 37.4 Å². The highest BCUT2D eigenvalue weighted by atomic mass is 79.9. The van der Waals surface area contributed by atoms with Crippen molar-refractivity contribution < 1.29 is 8.42 Å². The second-order valence-electron chi connectivity index (χ2n) is 5.19. The Labute approximate surface area is 113 Å². The fourth-order valence-corrected chi connectivity index (χ4v) is 6.07. The Bertz CT molecular complexity index is 332. The Balaban J connectivity index is 2.12. The van der Waals surface area contributed by atoms with Crippen molar-refractivity contribution >= 4 is 26.0 Å². The molecule has 0 aromatic carbocycles. The Kier molecular flexibility index (Phi) is 4.89. The van der Waals surface area contributed by atoms with Crippen LogP contribution in [0, 0.1) is 0 Å². The molecule has 17 heavy (non-hydrogen) atoms. The van der Waals surface area contributed by atoms with Gasteiger partial charge in [0.25, 0.3) is 0 Å². The molecule has 3 nitrogen and oxygen atoms in total. The molecule has 0 N–H and O–H groups in total. The largest absolute Gasteiger partial charge is 0.217 e. The Morgan fingerprint density at radius 1 is 1.00 bits per heavy atom. The van der Waals surface area contributed by atoms with E-state index < -0.39 is 10.0 Å².